The SMILES string of the molecule is CC(C)(O)C(CO)C[N+](=O)[O-]. The van der Waals surface area contributed by atoms with Crippen molar-refractivity contribution in [2.24, 2.45) is 5.92 Å². The molecule has 0 saturated carbocycles. The Morgan fingerprint density at radius 3 is 2.18 bits per heavy atom. The number of hydrogen-bond acceptors (Lipinski definition) is 4. The summed E-state index contributed by atoms with van der Waals surface area (Å²) in [6.45, 7) is 2.11. The highest BCUT2D eigenvalue weighted by atomic mass is 16.6. The van der Waals surface area contributed by atoms with Crippen molar-refractivity contribution < 1.29 is 15.1 Å². The van der Waals surface area contributed by atoms with E-state index in [2.05, 4.69) is 0 Å². The van der Waals surface area contributed by atoms with E-state index in [4.69, 9.17) is 5.11 Å². The molecule has 0 aliphatic carbocycles. The van der Waals surface area contributed by atoms with Crippen molar-refractivity contribution in [3.05, 3.63) is 10.1 Å². The molecule has 0 radical (unpaired) electrons. The van der Waals surface area contributed by atoms with Crippen LogP contribution >= 0.6 is 0 Å². The van der Waals surface area contributed by atoms with E-state index in [-0.39, 0.29) is 6.61 Å². The van der Waals surface area contributed by atoms with Crippen LogP contribution in [0.5, 0.6) is 0 Å². The first-order chi connectivity index (χ1) is 4.88. The molecule has 1 unspecified atom stereocenters. The van der Waals surface area contributed by atoms with Gasteiger partial charge in [-0.25, -0.2) is 0 Å². The van der Waals surface area contributed by atoms with Crippen molar-refractivity contribution in [3.63, 3.8) is 0 Å². The summed E-state index contributed by atoms with van der Waals surface area (Å²) in [5.74, 6) is -0.697. The van der Waals surface area contributed by atoms with Gasteiger partial charge in [-0.2, -0.15) is 0 Å². The molecule has 0 amide bonds. The average Bonchev–Trinajstić information content (AvgIpc) is 1.79. The van der Waals surface area contributed by atoms with Crippen LogP contribution in [0.15, 0.2) is 0 Å². The number of rotatable bonds is 4. The monoisotopic (exact) mass is 163 g/mol. The van der Waals surface area contributed by atoms with Crippen LogP contribution in [0.4, 0.5) is 0 Å². The van der Waals surface area contributed by atoms with E-state index in [1.165, 1.54) is 13.8 Å². The third-order valence-electron chi connectivity index (χ3n) is 1.59. The molecule has 0 heterocycles. The molecule has 1 atom stereocenters. The van der Waals surface area contributed by atoms with Gasteiger partial charge in [-0.15, -0.1) is 0 Å². The van der Waals surface area contributed by atoms with E-state index in [0.29, 0.717) is 0 Å². The zero-order valence-electron chi connectivity index (χ0n) is 6.65. The van der Waals surface area contributed by atoms with Crippen molar-refractivity contribution >= 4 is 0 Å². The number of aliphatic hydroxyl groups excluding tert-OH is 1. The van der Waals surface area contributed by atoms with E-state index in [0.717, 1.165) is 0 Å². The smallest absolute Gasteiger partial charge is 0.211 e. The molecule has 0 aliphatic heterocycles. The van der Waals surface area contributed by atoms with E-state index in [9.17, 15) is 15.2 Å². The summed E-state index contributed by atoms with van der Waals surface area (Å²) in [5, 5.41) is 27.9. The van der Waals surface area contributed by atoms with Gasteiger partial charge < -0.3 is 10.2 Å². The Balaban J connectivity index is 4.07. The molecule has 0 bridgehead atoms. The fourth-order valence-electron chi connectivity index (χ4n) is 0.684. The Morgan fingerprint density at radius 2 is 2.09 bits per heavy atom. The second-order valence-electron chi connectivity index (χ2n) is 3.05. The molecule has 0 fully saturated rings. The molecule has 0 aromatic rings. The highest BCUT2D eigenvalue weighted by Crippen LogP contribution is 2.15. The summed E-state index contributed by atoms with van der Waals surface area (Å²) in [7, 11) is 0. The fraction of sp³-hybridized carbons (Fsp3) is 1.00. The van der Waals surface area contributed by atoms with Gasteiger partial charge in [0.1, 0.15) is 0 Å². The Labute approximate surface area is 64.8 Å². The first-order valence-electron chi connectivity index (χ1n) is 3.33. The largest absolute Gasteiger partial charge is 0.396 e. The van der Waals surface area contributed by atoms with Crippen molar-refractivity contribution in [3.8, 4) is 0 Å². The van der Waals surface area contributed by atoms with Crippen LogP contribution in [-0.2, 0) is 0 Å². The van der Waals surface area contributed by atoms with Gasteiger partial charge in [-0.05, 0) is 13.8 Å². The van der Waals surface area contributed by atoms with Gasteiger partial charge in [-0.3, -0.25) is 10.1 Å². The molecule has 2 N–H and O–H groups in total. The molecular weight excluding hydrogens is 150 g/mol. The fourth-order valence-corrected chi connectivity index (χ4v) is 0.684. The van der Waals surface area contributed by atoms with Gasteiger partial charge in [0.05, 0.1) is 18.1 Å². The summed E-state index contributed by atoms with van der Waals surface area (Å²) in [6, 6.07) is 0. The van der Waals surface area contributed by atoms with Crippen LogP contribution in [0.3, 0.4) is 0 Å². The summed E-state index contributed by atoms with van der Waals surface area (Å²) < 4.78 is 0. The molecule has 5 nitrogen and oxygen atoms in total. The summed E-state index contributed by atoms with van der Waals surface area (Å²) in [6.07, 6.45) is 0. The lowest BCUT2D eigenvalue weighted by molar-refractivity contribution is -0.493. The lowest BCUT2D eigenvalue weighted by Gasteiger charge is -2.23. The van der Waals surface area contributed by atoms with Crippen LogP contribution in [0.1, 0.15) is 13.8 Å². The molecule has 0 aliphatic rings. The second kappa shape index (κ2) is 3.64. The van der Waals surface area contributed by atoms with Gasteiger partial charge in [0, 0.05) is 4.92 Å². The number of aliphatic hydroxyl groups is 2. The second-order valence-corrected chi connectivity index (χ2v) is 3.05. The Kier molecular flexibility index (Phi) is 3.41. The lowest BCUT2D eigenvalue weighted by Crippen LogP contribution is -2.38. The molecule has 0 spiro atoms. The standard InChI is InChI=1S/C6H13NO4/c1-6(2,9)5(4-8)3-7(10)11/h5,8-9H,3-4H2,1-2H3. The zero-order chi connectivity index (χ0) is 9.07. The molecule has 0 aromatic heterocycles. The van der Waals surface area contributed by atoms with Gasteiger partial charge >= 0.3 is 0 Å². The van der Waals surface area contributed by atoms with Crippen LogP contribution in [-0.4, -0.2) is 33.9 Å². The topological polar surface area (TPSA) is 83.6 Å². The third kappa shape index (κ3) is 3.90. The maximum absolute atomic E-state index is 10.00. The van der Waals surface area contributed by atoms with Gasteiger partial charge in [0.15, 0.2) is 0 Å². The van der Waals surface area contributed by atoms with Crippen molar-refractivity contribution in [1.29, 1.82) is 0 Å². The molecular formula is C6H13NO4. The summed E-state index contributed by atoms with van der Waals surface area (Å²) >= 11 is 0. The first-order valence-corrected chi connectivity index (χ1v) is 3.33. The minimum Gasteiger partial charge on any atom is -0.396 e. The maximum Gasteiger partial charge on any atom is 0.211 e. The van der Waals surface area contributed by atoms with Gasteiger partial charge in [-0.1, -0.05) is 0 Å². The predicted molar refractivity (Wildman–Crippen MR) is 38.7 cm³/mol. The number of hydrogen-bond donors (Lipinski definition) is 2. The van der Waals surface area contributed by atoms with E-state index in [1.807, 2.05) is 0 Å². The van der Waals surface area contributed by atoms with Crippen molar-refractivity contribution in [2.45, 2.75) is 19.4 Å². The van der Waals surface area contributed by atoms with Crippen molar-refractivity contribution in [2.75, 3.05) is 13.2 Å². The zero-order valence-corrected chi connectivity index (χ0v) is 6.65. The highest BCUT2D eigenvalue weighted by Gasteiger charge is 2.30. The first kappa shape index (κ1) is 10.3. The number of nitro groups is 1. The maximum atomic E-state index is 10.00. The lowest BCUT2D eigenvalue weighted by atomic mass is 9.92. The molecule has 11 heavy (non-hydrogen) atoms. The molecule has 5 heteroatoms. The minimum absolute atomic E-state index is 0.371. The molecule has 0 aromatic carbocycles. The van der Waals surface area contributed by atoms with E-state index < -0.39 is 23.0 Å². The van der Waals surface area contributed by atoms with Crippen molar-refractivity contribution in [1.82, 2.24) is 0 Å². The van der Waals surface area contributed by atoms with Crippen LogP contribution < -0.4 is 0 Å². The third-order valence-corrected chi connectivity index (χ3v) is 1.59. The predicted octanol–water partition coefficient (Wildman–Crippen LogP) is -0.357. The van der Waals surface area contributed by atoms with Crippen LogP contribution in [0.25, 0.3) is 0 Å². The highest BCUT2D eigenvalue weighted by molar-refractivity contribution is 4.75. The normalized spacial score (nSPS) is 14.5. The van der Waals surface area contributed by atoms with E-state index in [1.54, 1.807) is 0 Å². The summed E-state index contributed by atoms with van der Waals surface area (Å²) in [5.41, 5.74) is -1.19. The molecule has 0 saturated heterocycles. The van der Waals surface area contributed by atoms with Crippen LogP contribution in [0, 0.1) is 16.0 Å². The van der Waals surface area contributed by atoms with E-state index >= 15 is 0 Å². The summed E-state index contributed by atoms with van der Waals surface area (Å²) in [4.78, 5) is 9.46. The quantitative estimate of drug-likeness (QED) is 0.438. The molecule has 66 valence electrons. The van der Waals surface area contributed by atoms with Crippen LogP contribution in [0.2, 0.25) is 0 Å². The average molecular weight is 163 g/mol. The Morgan fingerprint density at radius 1 is 1.64 bits per heavy atom. The van der Waals surface area contributed by atoms with Gasteiger partial charge in [0.25, 0.3) is 0 Å². The molecule has 0 rings (SSSR count). The Hall–Kier alpha value is -0.680. The number of nitrogens with zero attached hydrogens (tertiary/aromatic N) is 1. The minimum atomic E-state index is -1.19. The Bertz CT molecular complexity index is 140. The van der Waals surface area contributed by atoms with Gasteiger partial charge in [0.2, 0.25) is 6.54 Å².